The van der Waals surface area contributed by atoms with Gasteiger partial charge in [0.15, 0.2) is 0 Å². The number of ether oxygens (including phenoxy) is 2. The number of carboxylic acids is 1. The van der Waals surface area contributed by atoms with Crippen molar-refractivity contribution in [3.63, 3.8) is 0 Å². The van der Waals surface area contributed by atoms with Crippen LogP contribution < -0.4 is 5.32 Å². The van der Waals surface area contributed by atoms with E-state index >= 15 is 0 Å². The molecule has 0 aliphatic carbocycles. The molecule has 3 unspecified atom stereocenters. The number of rotatable bonds is 10. The van der Waals surface area contributed by atoms with Crippen molar-refractivity contribution in [3.8, 4) is 0 Å². The molecule has 4 heterocycles. The van der Waals surface area contributed by atoms with Crippen LogP contribution in [0.2, 0.25) is 0 Å². The van der Waals surface area contributed by atoms with Gasteiger partial charge in [0, 0.05) is 38.5 Å². The minimum atomic E-state index is -0.803. The van der Waals surface area contributed by atoms with Crippen LogP contribution in [0.4, 0.5) is 5.82 Å². The van der Waals surface area contributed by atoms with Gasteiger partial charge in [0.05, 0.1) is 12.2 Å². The van der Waals surface area contributed by atoms with E-state index in [9.17, 15) is 9.90 Å². The van der Waals surface area contributed by atoms with Gasteiger partial charge in [-0.2, -0.15) is 0 Å². The summed E-state index contributed by atoms with van der Waals surface area (Å²) in [7, 11) is 0. The highest BCUT2D eigenvalue weighted by molar-refractivity contribution is 5.76. The Morgan fingerprint density at radius 2 is 2.11 bits per heavy atom. The number of carbonyl (C=O) groups is 1. The molecule has 7 heteroatoms. The Hall–Kier alpha value is -2.48. The Morgan fingerprint density at radius 3 is 2.97 bits per heavy atom. The van der Waals surface area contributed by atoms with Crippen LogP contribution in [0.25, 0.3) is 0 Å². The molecular weight excluding hydrogens is 442 g/mol. The van der Waals surface area contributed by atoms with Gasteiger partial charge >= 0.3 is 5.97 Å². The number of unbranched alkanes of at least 4 members (excludes halogenated alkanes) is 1. The van der Waals surface area contributed by atoms with Gasteiger partial charge in [-0.05, 0) is 74.1 Å². The minimum Gasteiger partial charge on any atom is -0.480 e. The summed E-state index contributed by atoms with van der Waals surface area (Å²) in [4.78, 5) is 19.2. The number of hydrogen-bond donors (Lipinski definition) is 2. The number of aromatic nitrogens is 1. The number of benzene rings is 1. The SMILES string of the molecule is O=C(O)C(c1ccccc1C1CCCO1)N1CCC(OCCCCc2ccc3c(n2)NCCC3)C1. The first-order valence-corrected chi connectivity index (χ1v) is 13.2. The standard InChI is InChI=1S/C28H37N3O4/c32-28(33)26(24-10-2-1-9-23(24)25-11-6-18-35-25)31-16-14-22(19-31)34-17-4-3-8-21-13-12-20-7-5-15-29-27(20)30-21/h1-2,9-10,12-13,22,25-26H,3-8,11,14-19H2,(H,29,30)(H,32,33). The molecule has 0 saturated carbocycles. The zero-order chi connectivity index (χ0) is 24.0. The third-order valence-electron chi connectivity index (χ3n) is 7.48. The van der Waals surface area contributed by atoms with Crippen LogP contribution in [0.3, 0.4) is 0 Å². The van der Waals surface area contributed by atoms with Gasteiger partial charge in [0.2, 0.25) is 0 Å². The molecule has 0 spiro atoms. The number of likely N-dealkylation sites (tertiary alicyclic amines) is 1. The van der Waals surface area contributed by atoms with Gasteiger partial charge in [0.1, 0.15) is 11.9 Å². The molecule has 0 amide bonds. The van der Waals surface area contributed by atoms with E-state index in [1.54, 1.807) is 0 Å². The summed E-state index contributed by atoms with van der Waals surface area (Å²) in [6, 6.07) is 11.6. The normalized spacial score (nSPS) is 23.1. The van der Waals surface area contributed by atoms with Crippen molar-refractivity contribution in [2.75, 3.05) is 38.2 Å². The van der Waals surface area contributed by atoms with E-state index in [-0.39, 0.29) is 12.2 Å². The molecule has 7 nitrogen and oxygen atoms in total. The van der Waals surface area contributed by atoms with E-state index < -0.39 is 12.0 Å². The molecule has 0 radical (unpaired) electrons. The summed E-state index contributed by atoms with van der Waals surface area (Å²) in [6.07, 6.45) is 8.19. The molecule has 35 heavy (non-hydrogen) atoms. The van der Waals surface area contributed by atoms with E-state index in [0.717, 1.165) is 87.3 Å². The second-order valence-corrected chi connectivity index (χ2v) is 9.95. The average Bonchev–Trinajstić information content (AvgIpc) is 3.57. The lowest BCUT2D eigenvalue weighted by Gasteiger charge is -2.27. The van der Waals surface area contributed by atoms with Crippen molar-refractivity contribution < 1.29 is 19.4 Å². The van der Waals surface area contributed by atoms with Crippen LogP contribution in [-0.2, 0) is 27.1 Å². The number of nitrogens with one attached hydrogen (secondary N) is 1. The highest BCUT2D eigenvalue weighted by Crippen LogP contribution is 2.36. The maximum atomic E-state index is 12.4. The fourth-order valence-electron chi connectivity index (χ4n) is 5.65. The zero-order valence-corrected chi connectivity index (χ0v) is 20.5. The fraction of sp³-hybridized carbons (Fsp3) is 0.571. The molecule has 2 N–H and O–H groups in total. The second kappa shape index (κ2) is 11.5. The predicted molar refractivity (Wildman–Crippen MR) is 135 cm³/mol. The largest absolute Gasteiger partial charge is 0.480 e. The van der Waals surface area contributed by atoms with E-state index in [0.29, 0.717) is 13.2 Å². The van der Waals surface area contributed by atoms with Crippen molar-refractivity contribution in [2.45, 2.75) is 69.6 Å². The third-order valence-corrected chi connectivity index (χ3v) is 7.48. The summed E-state index contributed by atoms with van der Waals surface area (Å²) in [6.45, 7) is 3.84. The maximum absolute atomic E-state index is 12.4. The zero-order valence-electron chi connectivity index (χ0n) is 20.5. The molecular formula is C28H37N3O4. The van der Waals surface area contributed by atoms with Crippen LogP contribution in [0.1, 0.15) is 73.1 Å². The van der Waals surface area contributed by atoms with Crippen molar-refractivity contribution in [2.24, 2.45) is 0 Å². The van der Waals surface area contributed by atoms with E-state index in [1.165, 1.54) is 12.0 Å². The number of carboxylic acid groups (broad SMARTS) is 1. The highest BCUT2D eigenvalue weighted by Gasteiger charge is 2.36. The molecule has 2 fully saturated rings. The molecule has 2 saturated heterocycles. The van der Waals surface area contributed by atoms with Crippen LogP contribution in [0.5, 0.6) is 0 Å². The van der Waals surface area contributed by atoms with Crippen LogP contribution in [0.15, 0.2) is 36.4 Å². The van der Waals surface area contributed by atoms with Gasteiger partial charge in [-0.1, -0.05) is 30.3 Å². The Kier molecular flexibility index (Phi) is 7.96. The molecule has 188 valence electrons. The Labute approximate surface area is 207 Å². The van der Waals surface area contributed by atoms with Gasteiger partial charge in [0.25, 0.3) is 0 Å². The number of aryl methyl sites for hydroxylation is 2. The molecule has 3 aliphatic heterocycles. The first-order valence-electron chi connectivity index (χ1n) is 13.2. The lowest BCUT2D eigenvalue weighted by Crippen LogP contribution is -2.34. The first kappa shape index (κ1) is 24.2. The molecule has 1 aromatic carbocycles. The van der Waals surface area contributed by atoms with Gasteiger partial charge in [-0.25, -0.2) is 4.98 Å². The molecule has 1 aromatic heterocycles. The number of hydrogen-bond acceptors (Lipinski definition) is 6. The second-order valence-electron chi connectivity index (χ2n) is 9.95. The number of aliphatic carboxylic acids is 1. The third kappa shape index (κ3) is 5.85. The van der Waals surface area contributed by atoms with Crippen molar-refractivity contribution >= 4 is 11.8 Å². The van der Waals surface area contributed by atoms with E-state index in [1.807, 2.05) is 24.3 Å². The van der Waals surface area contributed by atoms with Gasteiger partial charge in [-0.15, -0.1) is 0 Å². The van der Waals surface area contributed by atoms with Crippen LogP contribution in [-0.4, -0.2) is 59.9 Å². The maximum Gasteiger partial charge on any atom is 0.325 e. The fourth-order valence-corrected chi connectivity index (χ4v) is 5.65. The number of pyridine rings is 1. The Morgan fingerprint density at radius 1 is 1.20 bits per heavy atom. The predicted octanol–water partition coefficient (Wildman–Crippen LogP) is 4.53. The smallest absolute Gasteiger partial charge is 0.325 e. The minimum absolute atomic E-state index is 0.00286. The Balaban J connectivity index is 1.10. The average molecular weight is 480 g/mol. The van der Waals surface area contributed by atoms with Gasteiger partial charge < -0.3 is 19.9 Å². The Bertz CT molecular complexity index is 1010. The van der Waals surface area contributed by atoms with E-state index in [4.69, 9.17) is 14.5 Å². The summed E-state index contributed by atoms with van der Waals surface area (Å²) >= 11 is 0. The monoisotopic (exact) mass is 479 g/mol. The van der Waals surface area contributed by atoms with Gasteiger partial charge in [-0.3, -0.25) is 9.69 Å². The molecule has 0 bridgehead atoms. The molecule has 3 aliphatic rings. The van der Waals surface area contributed by atoms with Crippen molar-refractivity contribution in [1.82, 2.24) is 9.88 Å². The number of fused-ring (bicyclic) bond motifs is 1. The summed E-state index contributed by atoms with van der Waals surface area (Å²) in [5.74, 6) is 0.258. The van der Waals surface area contributed by atoms with Crippen molar-refractivity contribution in [3.05, 3.63) is 58.8 Å². The number of anilines is 1. The van der Waals surface area contributed by atoms with Crippen LogP contribution >= 0.6 is 0 Å². The first-order chi connectivity index (χ1) is 17.2. The molecule has 2 aromatic rings. The number of nitrogens with zero attached hydrogens (tertiary/aromatic N) is 2. The quantitative estimate of drug-likeness (QED) is 0.484. The highest BCUT2D eigenvalue weighted by atomic mass is 16.5. The van der Waals surface area contributed by atoms with Crippen molar-refractivity contribution in [1.29, 1.82) is 0 Å². The van der Waals surface area contributed by atoms with E-state index in [2.05, 4.69) is 22.3 Å². The van der Waals surface area contributed by atoms with Crippen LogP contribution in [0, 0.1) is 0 Å². The topological polar surface area (TPSA) is 83.9 Å². The summed E-state index contributed by atoms with van der Waals surface area (Å²) in [5.41, 5.74) is 4.35. The lowest BCUT2D eigenvalue weighted by atomic mass is 9.94. The summed E-state index contributed by atoms with van der Waals surface area (Å²) in [5, 5.41) is 13.5. The molecule has 3 atom stereocenters. The lowest BCUT2D eigenvalue weighted by molar-refractivity contribution is -0.143. The summed E-state index contributed by atoms with van der Waals surface area (Å²) < 4.78 is 12.1. The molecule has 5 rings (SSSR count).